The van der Waals surface area contributed by atoms with Crippen molar-refractivity contribution >= 4 is 28.5 Å². The highest BCUT2D eigenvalue weighted by atomic mass is 35.5. The summed E-state index contributed by atoms with van der Waals surface area (Å²) in [7, 11) is 0. The molecule has 0 bridgehead atoms. The van der Waals surface area contributed by atoms with Crippen molar-refractivity contribution in [3.8, 4) is 5.69 Å². The Bertz CT molecular complexity index is 1140. The number of fused-ring (bicyclic) bond motifs is 1. The van der Waals surface area contributed by atoms with E-state index in [-0.39, 0.29) is 12.1 Å². The fourth-order valence-electron chi connectivity index (χ4n) is 5.08. The predicted molar refractivity (Wildman–Crippen MR) is 131 cm³/mol. The van der Waals surface area contributed by atoms with Crippen LogP contribution in [0.2, 0.25) is 5.02 Å². The molecule has 2 aliphatic rings. The van der Waals surface area contributed by atoms with Crippen LogP contribution in [0.15, 0.2) is 53.7 Å². The average molecular weight is 451 g/mol. The fourth-order valence-corrected chi connectivity index (χ4v) is 6.55. The van der Waals surface area contributed by atoms with Gasteiger partial charge in [0.05, 0.1) is 11.7 Å². The van der Waals surface area contributed by atoms with Gasteiger partial charge in [0, 0.05) is 45.7 Å². The van der Waals surface area contributed by atoms with Crippen molar-refractivity contribution in [3.63, 3.8) is 0 Å². The van der Waals surface area contributed by atoms with Gasteiger partial charge in [0.1, 0.15) is 6.04 Å². The summed E-state index contributed by atoms with van der Waals surface area (Å²) in [5.41, 5.74) is 7.43. The second kappa shape index (κ2) is 8.03. The Morgan fingerprint density at radius 1 is 1.06 bits per heavy atom. The molecule has 1 fully saturated rings. The van der Waals surface area contributed by atoms with Gasteiger partial charge >= 0.3 is 0 Å². The zero-order chi connectivity index (χ0) is 21.7. The van der Waals surface area contributed by atoms with E-state index < -0.39 is 0 Å². The molecular weight excluding hydrogens is 424 g/mol. The molecule has 4 nitrogen and oxygen atoms in total. The molecule has 6 heteroatoms. The summed E-state index contributed by atoms with van der Waals surface area (Å²) < 4.78 is 2.36. The highest BCUT2D eigenvalue weighted by Crippen LogP contribution is 2.50. The lowest BCUT2D eigenvalue weighted by molar-refractivity contribution is 0.254. The molecule has 2 aliphatic heterocycles. The van der Waals surface area contributed by atoms with E-state index in [0.29, 0.717) is 6.04 Å². The first-order valence-electron chi connectivity index (χ1n) is 10.9. The van der Waals surface area contributed by atoms with Crippen LogP contribution in [-0.2, 0) is 0 Å². The van der Waals surface area contributed by atoms with Crippen molar-refractivity contribution in [1.29, 1.82) is 0 Å². The highest BCUT2D eigenvalue weighted by Gasteiger charge is 2.47. The summed E-state index contributed by atoms with van der Waals surface area (Å²) in [4.78, 5) is 12.5. The first-order chi connectivity index (χ1) is 15.0. The number of benzene rings is 1. The third kappa shape index (κ3) is 3.30. The van der Waals surface area contributed by atoms with E-state index in [1.165, 1.54) is 27.7 Å². The van der Waals surface area contributed by atoms with Gasteiger partial charge in [-0.05, 0) is 69.2 Å². The van der Waals surface area contributed by atoms with Gasteiger partial charge in [-0.15, -0.1) is 0 Å². The average Bonchev–Trinajstić information content (AvgIpc) is 3.41. The van der Waals surface area contributed by atoms with E-state index in [4.69, 9.17) is 21.6 Å². The maximum absolute atomic E-state index is 6.16. The molecule has 2 aromatic heterocycles. The van der Waals surface area contributed by atoms with Crippen molar-refractivity contribution in [3.05, 3.63) is 81.9 Å². The van der Waals surface area contributed by atoms with E-state index in [1.54, 1.807) is 0 Å². The highest BCUT2D eigenvalue weighted by molar-refractivity contribution is 8.14. The lowest BCUT2D eigenvalue weighted by Gasteiger charge is -2.32. The van der Waals surface area contributed by atoms with E-state index in [9.17, 15) is 0 Å². The minimum atomic E-state index is 0.0101. The van der Waals surface area contributed by atoms with Gasteiger partial charge in [-0.3, -0.25) is 9.98 Å². The lowest BCUT2D eigenvalue weighted by atomic mass is 9.92. The Morgan fingerprint density at radius 3 is 2.52 bits per heavy atom. The van der Waals surface area contributed by atoms with E-state index in [2.05, 4.69) is 61.4 Å². The van der Waals surface area contributed by atoms with Gasteiger partial charge < -0.3 is 9.47 Å². The van der Waals surface area contributed by atoms with Gasteiger partial charge in [-0.1, -0.05) is 36.4 Å². The molecule has 1 saturated heterocycles. The molecule has 4 heterocycles. The number of nitrogens with zero attached hydrogens (tertiary/aromatic N) is 4. The number of halogens is 1. The van der Waals surface area contributed by atoms with Crippen LogP contribution in [-0.4, -0.2) is 31.4 Å². The second-order valence-corrected chi connectivity index (χ2v) is 9.78. The number of aromatic nitrogens is 2. The van der Waals surface area contributed by atoms with E-state index in [1.807, 2.05) is 36.2 Å². The molecule has 0 saturated carbocycles. The zero-order valence-electron chi connectivity index (χ0n) is 18.3. The number of rotatable bonds is 4. The molecule has 1 aromatic carbocycles. The molecule has 31 heavy (non-hydrogen) atoms. The maximum Gasteiger partial charge on any atom is 0.160 e. The largest absolute Gasteiger partial charge is 0.338 e. The molecule has 0 radical (unpaired) electrons. The van der Waals surface area contributed by atoms with Crippen LogP contribution in [0, 0.1) is 20.8 Å². The smallest absolute Gasteiger partial charge is 0.160 e. The number of aliphatic imine (C=N–C) groups is 1. The number of hydrogen-bond donors (Lipinski definition) is 0. The van der Waals surface area contributed by atoms with Crippen LogP contribution < -0.4 is 0 Å². The summed E-state index contributed by atoms with van der Waals surface area (Å²) in [5, 5.41) is 1.93. The van der Waals surface area contributed by atoms with Crippen molar-refractivity contribution in [2.75, 3.05) is 5.75 Å². The fraction of sp³-hybridized carbons (Fsp3) is 0.360. The quantitative estimate of drug-likeness (QED) is 0.459. The Labute approximate surface area is 193 Å². The van der Waals surface area contributed by atoms with Crippen molar-refractivity contribution < 1.29 is 0 Å². The minimum Gasteiger partial charge on any atom is -0.338 e. The van der Waals surface area contributed by atoms with Crippen LogP contribution >= 0.6 is 23.4 Å². The summed E-state index contributed by atoms with van der Waals surface area (Å²) in [6, 6.07) is 14.9. The van der Waals surface area contributed by atoms with Gasteiger partial charge in [-0.2, -0.15) is 0 Å². The van der Waals surface area contributed by atoms with E-state index >= 15 is 0 Å². The van der Waals surface area contributed by atoms with Crippen molar-refractivity contribution in [2.24, 2.45) is 4.99 Å². The SMILES string of the molecule is CC[C@H]1CSC2=N[C@H](c3ccccn3)[C@@H](c3c(C)c(C)n(-c4ccc(Cl)cc4)c3C)N21. The van der Waals surface area contributed by atoms with Gasteiger partial charge in [-0.25, -0.2) is 0 Å². The van der Waals surface area contributed by atoms with Crippen LogP contribution in [0.3, 0.4) is 0 Å². The van der Waals surface area contributed by atoms with Crippen LogP contribution in [0.5, 0.6) is 0 Å². The molecule has 0 spiro atoms. The summed E-state index contributed by atoms with van der Waals surface area (Å²) in [6.45, 7) is 8.98. The number of thioether (sulfide) groups is 1. The Morgan fingerprint density at radius 2 is 1.84 bits per heavy atom. The third-order valence-corrected chi connectivity index (χ3v) is 8.10. The lowest BCUT2D eigenvalue weighted by Crippen LogP contribution is -2.35. The molecule has 3 aromatic rings. The molecule has 0 unspecified atom stereocenters. The van der Waals surface area contributed by atoms with E-state index in [0.717, 1.165) is 28.6 Å². The summed E-state index contributed by atoms with van der Waals surface area (Å²) in [5.74, 6) is 1.11. The molecule has 3 atom stereocenters. The van der Waals surface area contributed by atoms with Crippen molar-refractivity contribution in [2.45, 2.75) is 52.2 Å². The molecule has 0 aliphatic carbocycles. The number of pyridine rings is 1. The second-order valence-electron chi connectivity index (χ2n) is 8.36. The Balaban J connectivity index is 1.68. The Hall–Kier alpha value is -2.24. The minimum absolute atomic E-state index is 0.0101. The van der Waals surface area contributed by atoms with Crippen LogP contribution in [0.4, 0.5) is 0 Å². The monoisotopic (exact) mass is 450 g/mol. The molecular formula is C25H27ClN4S. The predicted octanol–water partition coefficient (Wildman–Crippen LogP) is 6.43. The molecule has 0 amide bonds. The standard InChI is InChI=1S/C25H27ClN4S/c1-5-19-14-31-25-28-23(21-8-6-7-13-27-21)24(30(19)25)22-15(2)16(3)29(17(22)4)20-11-9-18(26)10-12-20/h6-13,19,23-24H,5,14H2,1-4H3/t19-,23+,24+/m0/s1. The van der Waals surface area contributed by atoms with Gasteiger partial charge in [0.15, 0.2) is 5.17 Å². The first kappa shape index (κ1) is 20.7. The maximum atomic E-state index is 6.16. The number of hydrogen-bond acceptors (Lipinski definition) is 4. The van der Waals surface area contributed by atoms with Gasteiger partial charge in [0.2, 0.25) is 0 Å². The topological polar surface area (TPSA) is 33.4 Å². The zero-order valence-corrected chi connectivity index (χ0v) is 19.9. The van der Waals surface area contributed by atoms with Crippen LogP contribution in [0.25, 0.3) is 5.69 Å². The Kier molecular flexibility index (Phi) is 5.35. The molecule has 5 rings (SSSR count). The van der Waals surface area contributed by atoms with Gasteiger partial charge in [0.25, 0.3) is 0 Å². The summed E-state index contributed by atoms with van der Waals surface area (Å²) >= 11 is 8.05. The normalized spacial score (nSPS) is 22.7. The number of amidine groups is 1. The summed E-state index contributed by atoms with van der Waals surface area (Å²) in [6.07, 6.45) is 3.00. The first-order valence-corrected chi connectivity index (χ1v) is 12.2. The van der Waals surface area contributed by atoms with Crippen LogP contribution in [0.1, 0.15) is 53.6 Å². The third-order valence-electron chi connectivity index (χ3n) is 6.72. The van der Waals surface area contributed by atoms with Crippen molar-refractivity contribution in [1.82, 2.24) is 14.5 Å². The molecule has 160 valence electrons. The molecule has 0 N–H and O–H groups in total.